The fourth-order valence-electron chi connectivity index (χ4n) is 1.84. The predicted molar refractivity (Wildman–Crippen MR) is 86.8 cm³/mol. The van der Waals surface area contributed by atoms with Crippen LogP contribution in [0.25, 0.3) is 11.3 Å². The van der Waals surface area contributed by atoms with Crippen LogP contribution >= 0.6 is 18.5 Å². The fourth-order valence-corrected chi connectivity index (χ4v) is 2.38. The minimum Gasteiger partial charge on any atom is -0.457 e. The van der Waals surface area contributed by atoms with Gasteiger partial charge in [0.25, 0.3) is 0 Å². The average molecular weight is 324 g/mol. The van der Waals surface area contributed by atoms with Crippen LogP contribution in [0.4, 0.5) is 4.39 Å². The summed E-state index contributed by atoms with van der Waals surface area (Å²) in [6, 6.07) is 3.51. The topological polar surface area (TPSA) is 52.1 Å². The highest BCUT2D eigenvalue weighted by molar-refractivity contribution is 7.28. The summed E-state index contributed by atoms with van der Waals surface area (Å²) in [5.74, 6) is 0.169. The molecule has 110 valence electrons. The van der Waals surface area contributed by atoms with Gasteiger partial charge < -0.3 is 4.74 Å². The zero-order valence-electron chi connectivity index (χ0n) is 11.6. The molecule has 0 fully saturated rings. The number of ether oxygens (including phenoxy) is 1. The largest absolute Gasteiger partial charge is 0.457 e. The van der Waals surface area contributed by atoms with Crippen molar-refractivity contribution >= 4 is 29.6 Å². The van der Waals surface area contributed by atoms with Crippen LogP contribution in [0.3, 0.4) is 0 Å². The molecular weight excluding hydrogens is 309 g/mol. The van der Waals surface area contributed by atoms with Crippen LogP contribution in [-0.4, -0.2) is 21.9 Å². The molecule has 0 amide bonds. The Morgan fingerprint density at radius 1 is 1.38 bits per heavy atom. The Hall–Kier alpha value is -1.44. The molecule has 0 N–H and O–H groups in total. The molecule has 0 aliphatic rings. The molecule has 0 aliphatic heterocycles. The number of alkyl halides is 1. The molecule has 3 atom stereocenters. The van der Waals surface area contributed by atoms with Crippen LogP contribution in [-0.2, 0) is 0 Å². The van der Waals surface area contributed by atoms with Crippen molar-refractivity contribution in [2.24, 2.45) is 0 Å². The maximum atomic E-state index is 13.2. The van der Waals surface area contributed by atoms with Gasteiger partial charge in [-0.1, -0.05) is 15.3 Å². The Morgan fingerprint density at radius 2 is 2.10 bits per heavy atom. The maximum absolute atomic E-state index is 13.2. The summed E-state index contributed by atoms with van der Waals surface area (Å²) < 4.78 is 18.3. The number of hydrogen-bond donors (Lipinski definition) is 0. The quantitative estimate of drug-likeness (QED) is 0.641. The van der Waals surface area contributed by atoms with E-state index in [0.717, 1.165) is 10.9 Å². The third-order valence-corrected chi connectivity index (χ3v) is 3.80. The summed E-state index contributed by atoms with van der Waals surface area (Å²) in [4.78, 5) is 19.7. The van der Waals surface area contributed by atoms with Gasteiger partial charge in [0.1, 0.15) is 11.4 Å². The molecule has 21 heavy (non-hydrogen) atoms. The Kier molecular flexibility index (Phi) is 4.97. The Bertz CT molecular complexity index is 693. The first kappa shape index (κ1) is 15.9. The predicted octanol–water partition coefficient (Wildman–Crippen LogP) is 2.66. The van der Waals surface area contributed by atoms with Crippen molar-refractivity contribution in [3.63, 3.8) is 0 Å². The second-order valence-corrected chi connectivity index (χ2v) is 5.59. The number of carbonyl (C=O) groups excluding carboxylic acids is 1. The van der Waals surface area contributed by atoms with E-state index >= 15 is 0 Å². The number of aryl methyl sites for hydroxylation is 1. The van der Waals surface area contributed by atoms with Gasteiger partial charge in [0.05, 0.1) is 23.7 Å². The summed E-state index contributed by atoms with van der Waals surface area (Å²) in [5.41, 5.74) is 2.32. The lowest BCUT2D eigenvalue weighted by Gasteiger charge is -2.15. The second kappa shape index (κ2) is 6.55. The molecule has 0 saturated heterocycles. The molecule has 0 aliphatic carbocycles. The zero-order chi connectivity index (χ0) is 15.6. The highest BCUT2D eigenvalue weighted by Gasteiger charge is 2.16. The molecular formula is C14H15FN2O2P2. The van der Waals surface area contributed by atoms with Crippen molar-refractivity contribution < 1.29 is 13.9 Å². The number of carbonyl (C=O) groups is 1. The lowest BCUT2D eigenvalue weighted by atomic mass is 10.1. The van der Waals surface area contributed by atoms with E-state index in [0.29, 0.717) is 17.0 Å². The number of rotatable bonds is 4. The van der Waals surface area contributed by atoms with Crippen LogP contribution in [0.15, 0.2) is 24.5 Å². The van der Waals surface area contributed by atoms with E-state index in [1.54, 1.807) is 6.07 Å². The van der Waals surface area contributed by atoms with Crippen LogP contribution in [0.1, 0.15) is 23.0 Å². The van der Waals surface area contributed by atoms with E-state index < -0.39 is 6.10 Å². The summed E-state index contributed by atoms with van der Waals surface area (Å²) >= 11 is 0. The fraction of sp³-hybridized carbons (Fsp3) is 0.214. The van der Waals surface area contributed by atoms with Gasteiger partial charge in [-0.25, -0.2) is 4.98 Å². The molecule has 0 spiro atoms. The molecule has 1 aromatic carbocycles. The van der Waals surface area contributed by atoms with Crippen molar-refractivity contribution in [1.29, 1.82) is 0 Å². The first-order valence-electron chi connectivity index (χ1n) is 6.19. The van der Waals surface area contributed by atoms with E-state index in [9.17, 15) is 9.18 Å². The first-order valence-corrected chi connectivity index (χ1v) is 7.43. The number of aromatic nitrogens is 2. The number of ketones is 1. The monoisotopic (exact) mass is 324 g/mol. The molecule has 4 nitrogen and oxygen atoms in total. The Morgan fingerprint density at radius 3 is 2.71 bits per heavy atom. The molecule has 0 saturated carbocycles. The van der Waals surface area contributed by atoms with E-state index in [-0.39, 0.29) is 11.5 Å². The van der Waals surface area contributed by atoms with E-state index in [2.05, 4.69) is 19.2 Å². The van der Waals surface area contributed by atoms with Crippen molar-refractivity contribution in [3.05, 3.63) is 35.8 Å². The van der Waals surface area contributed by atoms with Gasteiger partial charge in [0, 0.05) is 6.92 Å². The Labute approximate surface area is 126 Å². The standard InChI is InChI=1S/C14H15FN2O2P2/c1-7-3-4-11(19-14(15)21)12(13(7)20)10-6-16-5-9(17-10)8(2)18/h3-6,14H,20-21H2,1-2H3. The smallest absolute Gasteiger partial charge is 0.249 e. The molecule has 2 aromatic rings. The average Bonchev–Trinajstić information content (AvgIpc) is 2.43. The van der Waals surface area contributed by atoms with E-state index in [1.807, 2.05) is 22.2 Å². The number of Topliss-reactive ketones (excluding diaryl/α,β-unsaturated/α-hetero) is 1. The number of hydrogen-bond acceptors (Lipinski definition) is 4. The van der Waals surface area contributed by atoms with Gasteiger partial charge in [0.15, 0.2) is 5.78 Å². The summed E-state index contributed by atoms with van der Waals surface area (Å²) in [6.45, 7) is 3.34. The van der Waals surface area contributed by atoms with Crippen molar-refractivity contribution in [2.75, 3.05) is 0 Å². The van der Waals surface area contributed by atoms with Crippen molar-refractivity contribution in [2.45, 2.75) is 19.9 Å². The lowest BCUT2D eigenvalue weighted by molar-refractivity contribution is 0.101. The molecule has 1 aromatic heterocycles. The van der Waals surface area contributed by atoms with Gasteiger partial charge >= 0.3 is 0 Å². The van der Waals surface area contributed by atoms with Crippen molar-refractivity contribution in [3.8, 4) is 17.0 Å². The number of nitrogens with zero attached hydrogens (tertiary/aromatic N) is 2. The SMILES string of the molecule is CC(=O)c1cncc(-c2c(OC(F)P)ccc(C)c2P)n1. The molecule has 3 unspecified atom stereocenters. The number of benzene rings is 1. The Balaban J connectivity index is 2.63. The molecule has 0 radical (unpaired) electrons. The van der Waals surface area contributed by atoms with Gasteiger partial charge in [-0.15, -0.1) is 9.24 Å². The van der Waals surface area contributed by atoms with Crippen LogP contribution in [0.2, 0.25) is 0 Å². The first-order chi connectivity index (χ1) is 9.90. The molecule has 0 bridgehead atoms. The summed E-state index contributed by atoms with van der Waals surface area (Å²) in [5, 5.41) is 0.827. The maximum Gasteiger partial charge on any atom is 0.249 e. The third-order valence-electron chi connectivity index (χ3n) is 2.92. The van der Waals surface area contributed by atoms with Crippen molar-refractivity contribution in [1.82, 2.24) is 9.97 Å². The lowest BCUT2D eigenvalue weighted by Crippen LogP contribution is -2.10. The van der Waals surface area contributed by atoms with Crippen LogP contribution < -0.4 is 10.0 Å². The van der Waals surface area contributed by atoms with Gasteiger partial charge in [-0.2, -0.15) is 4.39 Å². The van der Waals surface area contributed by atoms with Gasteiger partial charge in [0.2, 0.25) is 6.10 Å². The second-order valence-electron chi connectivity index (χ2n) is 4.48. The highest BCUT2D eigenvalue weighted by atomic mass is 31.0. The number of halogens is 1. The summed E-state index contributed by atoms with van der Waals surface area (Å²) in [6.07, 6.45) is 1.40. The normalized spacial score (nSPS) is 12.0. The minimum absolute atomic E-state index is 0.181. The van der Waals surface area contributed by atoms with Gasteiger partial charge in [-0.3, -0.25) is 9.78 Å². The zero-order valence-corrected chi connectivity index (χ0v) is 13.9. The van der Waals surface area contributed by atoms with Crippen LogP contribution in [0.5, 0.6) is 5.75 Å². The van der Waals surface area contributed by atoms with Gasteiger partial charge in [-0.05, 0) is 23.9 Å². The third kappa shape index (κ3) is 3.61. The molecule has 2 rings (SSSR count). The van der Waals surface area contributed by atoms with E-state index in [4.69, 9.17) is 4.74 Å². The molecule has 7 heteroatoms. The summed E-state index contributed by atoms with van der Waals surface area (Å²) in [7, 11) is 4.52. The minimum atomic E-state index is -1.53. The van der Waals surface area contributed by atoms with E-state index in [1.165, 1.54) is 19.3 Å². The highest BCUT2D eigenvalue weighted by Crippen LogP contribution is 2.31. The van der Waals surface area contributed by atoms with Crippen LogP contribution in [0, 0.1) is 6.92 Å². The molecule has 1 heterocycles.